The van der Waals surface area contributed by atoms with Gasteiger partial charge in [-0.3, -0.25) is 0 Å². The monoisotopic (exact) mass is 186 g/mol. The number of hydrogen-bond acceptors (Lipinski definition) is 1. The van der Waals surface area contributed by atoms with E-state index < -0.39 is 11.6 Å². The lowest BCUT2D eigenvalue weighted by Gasteiger charge is -2.07. The molecule has 0 saturated heterocycles. The van der Waals surface area contributed by atoms with Crippen LogP contribution in [0.4, 0.5) is 8.78 Å². The molecule has 0 spiro atoms. The summed E-state index contributed by atoms with van der Waals surface area (Å²) in [6, 6.07) is 1.86. The molecule has 0 heterocycles. The molecule has 0 saturated carbocycles. The molecule has 0 atom stereocenters. The first-order valence-electron chi connectivity index (χ1n) is 4.17. The van der Waals surface area contributed by atoms with E-state index in [9.17, 15) is 13.9 Å². The SMILES string of the molecule is CC(C)Cc1cc(F)c(F)cc1O. The lowest BCUT2D eigenvalue weighted by atomic mass is 10.0. The molecule has 13 heavy (non-hydrogen) atoms. The van der Waals surface area contributed by atoms with E-state index in [0.717, 1.165) is 12.1 Å². The second-order valence-electron chi connectivity index (χ2n) is 3.49. The predicted octanol–water partition coefficient (Wildman–Crippen LogP) is 2.87. The molecule has 0 aromatic heterocycles. The fraction of sp³-hybridized carbons (Fsp3) is 0.400. The number of hydrogen-bond donors (Lipinski definition) is 1. The van der Waals surface area contributed by atoms with Crippen molar-refractivity contribution in [3.63, 3.8) is 0 Å². The summed E-state index contributed by atoms with van der Waals surface area (Å²) in [6.45, 7) is 3.89. The Balaban J connectivity index is 3.01. The molecule has 72 valence electrons. The summed E-state index contributed by atoms with van der Waals surface area (Å²) in [5.41, 5.74) is 0.453. The van der Waals surface area contributed by atoms with Crippen molar-refractivity contribution in [3.8, 4) is 5.75 Å². The van der Waals surface area contributed by atoms with Crippen LogP contribution in [0.1, 0.15) is 19.4 Å². The van der Waals surface area contributed by atoms with E-state index in [1.807, 2.05) is 13.8 Å². The molecule has 0 aliphatic rings. The Morgan fingerprint density at radius 2 is 1.77 bits per heavy atom. The smallest absolute Gasteiger partial charge is 0.162 e. The van der Waals surface area contributed by atoms with E-state index in [1.165, 1.54) is 0 Å². The van der Waals surface area contributed by atoms with Gasteiger partial charge in [0.1, 0.15) is 5.75 Å². The van der Waals surface area contributed by atoms with Crippen molar-refractivity contribution in [1.82, 2.24) is 0 Å². The topological polar surface area (TPSA) is 20.2 Å². The van der Waals surface area contributed by atoms with E-state index in [2.05, 4.69) is 0 Å². The molecule has 0 fully saturated rings. The van der Waals surface area contributed by atoms with Crippen LogP contribution in [0.15, 0.2) is 12.1 Å². The molecule has 0 bridgehead atoms. The Hall–Kier alpha value is -1.12. The zero-order chi connectivity index (χ0) is 10.0. The van der Waals surface area contributed by atoms with Gasteiger partial charge in [-0.05, 0) is 24.0 Å². The quantitative estimate of drug-likeness (QED) is 0.752. The molecule has 0 radical (unpaired) electrons. The molecule has 1 rings (SSSR count). The molecule has 1 nitrogen and oxygen atoms in total. The maximum absolute atomic E-state index is 12.7. The summed E-state index contributed by atoms with van der Waals surface area (Å²) in [5.74, 6) is -1.79. The van der Waals surface area contributed by atoms with Crippen molar-refractivity contribution >= 4 is 0 Å². The van der Waals surface area contributed by atoms with Crippen LogP contribution in [0.25, 0.3) is 0 Å². The van der Waals surface area contributed by atoms with Gasteiger partial charge in [-0.1, -0.05) is 13.8 Å². The average Bonchev–Trinajstić information content (AvgIpc) is 1.99. The summed E-state index contributed by atoms with van der Waals surface area (Å²) >= 11 is 0. The second-order valence-corrected chi connectivity index (χ2v) is 3.49. The molecule has 0 aliphatic carbocycles. The highest BCUT2D eigenvalue weighted by Gasteiger charge is 2.09. The van der Waals surface area contributed by atoms with E-state index in [-0.39, 0.29) is 5.75 Å². The van der Waals surface area contributed by atoms with E-state index in [0.29, 0.717) is 17.9 Å². The largest absolute Gasteiger partial charge is 0.508 e. The lowest BCUT2D eigenvalue weighted by Crippen LogP contribution is -1.96. The zero-order valence-electron chi connectivity index (χ0n) is 7.64. The molecule has 0 amide bonds. The van der Waals surface area contributed by atoms with Gasteiger partial charge in [0, 0.05) is 6.07 Å². The van der Waals surface area contributed by atoms with Crippen molar-refractivity contribution in [2.24, 2.45) is 5.92 Å². The standard InChI is InChI=1S/C10H12F2O/c1-6(2)3-7-4-8(11)9(12)5-10(7)13/h4-6,13H,3H2,1-2H3. The molecule has 1 aromatic rings. The minimum atomic E-state index is -1.01. The molecule has 0 unspecified atom stereocenters. The Labute approximate surface area is 76.0 Å². The molecule has 0 aliphatic heterocycles. The highest BCUT2D eigenvalue weighted by molar-refractivity contribution is 5.33. The van der Waals surface area contributed by atoms with Gasteiger partial charge in [0.05, 0.1) is 0 Å². The average molecular weight is 186 g/mol. The fourth-order valence-corrected chi connectivity index (χ4v) is 1.18. The maximum atomic E-state index is 12.7. The van der Waals surface area contributed by atoms with Crippen LogP contribution < -0.4 is 0 Å². The van der Waals surface area contributed by atoms with E-state index in [4.69, 9.17) is 0 Å². The number of phenols is 1. The zero-order valence-corrected chi connectivity index (χ0v) is 7.64. The molecular weight excluding hydrogens is 174 g/mol. The van der Waals surface area contributed by atoms with Gasteiger partial charge in [0.25, 0.3) is 0 Å². The van der Waals surface area contributed by atoms with Crippen LogP contribution in [-0.4, -0.2) is 5.11 Å². The van der Waals surface area contributed by atoms with Crippen molar-refractivity contribution in [3.05, 3.63) is 29.3 Å². The number of benzene rings is 1. The first-order chi connectivity index (χ1) is 6.00. The maximum Gasteiger partial charge on any atom is 0.162 e. The normalized spacial score (nSPS) is 10.8. The van der Waals surface area contributed by atoms with Gasteiger partial charge < -0.3 is 5.11 Å². The first-order valence-corrected chi connectivity index (χ1v) is 4.17. The van der Waals surface area contributed by atoms with Crippen LogP contribution >= 0.6 is 0 Å². The number of aromatic hydroxyl groups is 1. The minimum absolute atomic E-state index is 0.174. The van der Waals surface area contributed by atoms with Crippen molar-refractivity contribution in [2.45, 2.75) is 20.3 Å². The first kappa shape index (κ1) is 9.96. The Kier molecular flexibility index (Phi) is 2.86. The van der Waals surface area contributed by atoms with Gasteiger partial charge in [-0.2, -0.15) is 0 Å². The van der Waals surface area contributed by atoms with Crippen LogP contribution in [0.5, 0.6) is 5.75 Å². The van der Waals surface area contributed by atoms with Crippen molar-refractivity contribution < 1.29 is 13.9 Å². The number of rotatable bonds is 2. The Morgan fingerprint density at radius 3 is 2.31 bits per heavy atom. The van der Waals surface area contributed by atoms with Crippen LogP contribution in [0, 0.1) is 17.6 Å². The van der Waals surface area contributed by atoms with E-state index >= 15 is 0 Å². The van der Waals surface area contributed by atoms with Gasteiger partial charge in [0.15, 0.2) is 11.6 Å². The second kappa shape index (κ2) is 3.73. The third kappa shape index (κ3) is 2.41. The van der Waals surface area contributed by atoms with Gasteiger partial charge >= 0.3 is 0 Å². The molecular formula is C10H12F2O. The highest BCUT2D eigenvalue weighted by atomic mass is 19.2. The predicted molar refractivity (Wildman–Crippen MR) is 46.6 cm³/mol. The van der Waals surface area contributed by atoms with Gasteiger partial charge in [0.2, 0.25) is 0 Å². The molecule has 1 N–H and O–H groups in total. The minimum Gasteiger partial charge on any atom is -0.508 e. The molecule has 1 aromatic carbocycles. The van der Waals surface area contributed by atoms with E-state index in [1.54, 1.807) is 0 Å². The summed E-state index contributed by atoms with van der Waals surface area (Å²) in [5, 5.41) is 9.26. The third-order valence-electron chi connectivity index (χ3n) is 1.75. The van der Waals surface area contributed by atoms with Gasteiger partial charge in [-0.15, -0.1) is 0 Å². The summed E-state index contributed by atoms with van der Waals surface area (Å²) in [7, 11) is 0. The summed E-state index contributed by atoms with van der Waals surface area (Å²) in [6.07, 6.45) is 0.545. The van der Waals surface area contributed by atoms with Crippen LogP contribution in [-0.2, 0) is 6.42 Å². The van der Waals surface area contributed by atoms with Gasteiger partial charge in [-0.25, -0.2) is 8.78 Å². The van der Waals surface area contributed by atoms with Crippen molar-refractivity contribution in [2.75, 3.05) is 0 Å². The lowest BCUT2D eigenvalue weighted by molar-refractivity contribution is 0.442. The van der Waals surface area contributed by atoms with Crippen LogP contribution in [0.2, 0.25) is 0 Å². The fourth-order valence-electron chi connectivity index (χ4n) is 1.18. The third-order valence-corrected chi connectivity index (χ3v) is 1.75. The summed E-state index contributed by atoms with van der Waals surface area (Å²) in [4.78, 5) is 0. The van der Waals surface area contributed by atoms with Crippen LogP contribution in [0.3, 0.4) is 0 Å². The highest BCUT2D eigenvalue weighted by Crippen LogP contribution is 2.23. The summed E-state index contributed by atoms with van der Waals surface area (Å²) < 4.78 is 25.3. The number of phenolic OH excluding ortho intramolecular Hbond substituents is 1. The molecule has 3 heteroatoms. The Morgan fingerprint density at radius 1 is 1.23 bits per heavy atom. The Bertz CT molecular complexity index is 308. The van der Waals surface area contributed by atoms with Crippen molar-refractivity contribution in [1.29, 1.82) is 0 Å². The number of halogens is 2.